The van der Waals surface area contributed by atoms with Gasteiger partial charge in [-0.3, -0.25) is 19.4 Å². The molecule has 0 saturated carbocycles. The van der Waals surface area contributed by atoms with Crippen molar-refractivity contribution in [2.24, 2.45) is 7.05 Å². The monoisotopic (exact) mass is 456 g/mol. The summed E-state index contributed by atoms with van der Waals surface area (Å²) in [5.41, 5.74) is 4.12. The first-order chi connectivity index (χ1) is 16.5. The summed E-state index contributed by atoms with van der Waals surface area (Å²) in [4.78, 5) is 37.8. The van der Waals surface area contributed by atoms with Crippen molar-refractivity contribution < 1.29 is 14.3 Å². The van der Waals surface area contributed by atoms with E-state index in [1.807, 2.05) is 24.3 Å². The fourth-order valence-corrected chi connectivity index (χ4v) is 3.90. The number of anilines is 1. The smallest absolute Gasteiger partial charge is 0.412 e. The van der Waals surface area contributed by atoms with E-state index in [9.17, 15) is 9.59 Å². The Morgan fingerprint density at radius 1 is 1.00 bits per heavy atom. The van der Waals surface area contributed by atoms with Crippen molar-refractivity contribution in [2.45, 2.75) is 0 Å². The Morgan fingerprint density at radius 2 is 1.82 bits per heavy atom. The maximum atomic E-state index is 13.3. The van der Waals surface area contributed by atoms with E-state index in [1.54, 1.807) is 53.0 Å². The van der Waals surface area contributed by atoms with E-state index < -0.39 is 6.09 Å². The van der Waals surface area contributed by atoms with Crippen LogP contribution in [0.15, 0.2) is 65.8 Å². The van der Waals surface area contributed by atoms with Gasteiger partial charge in [0.1, 0.15) is 11.5 Å². The van der Waals surface area contributed by atoms with Crippen LogP contribution in [0.4, 0.5) is 10.6 Å². The standard InChI is InChI=1S/C24H20N6O4/c1-29-19-13-26-17-8-6-14(15-7-9-20(27-12-15)28-23(31)34-3)11-16(17)21(19)30(24(29)32)18-5-4-10-25-22(18)33-2/h4-13H,1-3H3,(H,27,28,31). The van der Waals surface area contributed by atoms with Crippen LogP contribution in [0.3, 0.4) is 0 Å². The van der Waals surface area contributed by atoms with Gasteiger partial charge in [0.25, 0.3) is 0 Å². The second-order valence-electron chi connectivity index (χ2n) is 7.48. The number of hydrogen-bond acceptors (Lipinski definition) is 7. The Balaban J connectivity index is 1.72. The topological polar surface area (TPSA) is 113 Å². The van der Waals surface area contributed by atoms with Crippen LogP contribution in [0.25, 0.3) is 38.8 Å². The van der Waals surface area contributed by atoms with Gasteiger partial charge < -0.3 is 9.47 Å². The van der Waals surface area contributed by atoms with Crippen LogP contribution in [0.5, 0.6) is 5.88 Å². The molecule has 0 saturated heterocycles. The molecule has 0 atom stereocenters. The number of aryl methyl sites for hydroxylation is 1. The molecule has 5 rings (SSSR count). The summed E-state index contributed by atoms with van der Waals surface area (Å²) in [5, 5.41) is 3.32. The van der Waals surface area contributed by atoms with E-state index >= 15 is 0 Å². The molecule has 0 aliphatic rings. The van der Waals surface area contributed by atoms with E-state index in [2.05, 4.69) is 25.0 Å². The van der Waals surface area contributed by atoms with E-state index in [1.165, 1.54) is 14.2 Å². The van der Waals surface area contributed by atoms with Crippen molar-refractivity contribution in [3.63, 3.8) is 0 Å². The van der Waals surface area contributed by atoms with Crippen LogP contribution in [0.2, 0.25) is 0 Å². The number of imidazole rings is 1. The number of amides is 1. The Labute approximate surface area is 193 Å². The van der Waals surface area contributed by atoms with Crippen molar-refractivity contribution >= 4 is 33.8 Å². The summed E-state index contributed by atoms with van der Waals surface area (Å²) >= 11 is 0. The van der Waals surface area contributed by atoms with Gasteiger partial charge in [-0.25, -0.2) is 19.6 Å². The van der Waals surface area contributed by atoms with Gasteiger partial charge in [-0.05, 0) is 42.0 Å². The summed E-state index contributed by atoms with van der Waals surface area (Å²) < 4.78 is 13.2. The Kier molecular flexibility index (Phi) is 5.17. The molecule has 1 aromatic carbocycles. The highest BCUT2D eigenvalue weighted by molar-refractivity contribution is 6.04. The number of fused-ring (bicyclic) bond motifs is 3. The molecule has 0 spiro atoms. The molecular weight excluding hydrogens is 436 g/mol. The molecule has 0 aliphatic heterocycles. The molecule has 170 valence electrons. The highest BCUT2D eigenvalue weighted by atomic mass is 16.5. The van der Waals surface area contributed by atoms with Crippen molar-refractivity contribution in [2.75, 3.05) is 19.5 Å². The zero-order chi connectivity index (χ0) is 23.8. The van der Waals surface area contributed by atoms with Gasteiger partial charge in [0.2, 0.25) is 5.88 Å². The summed E-state index contributed by atoms with van der Waals surface area (Å²) in [6.07, 6.45) is 4.37. The number of nitrogens with one attached hydrogen (secondary N) is 1. The predicted molar refractivity (Wildman–Crippen MR) is 127 cm³/mol. The zero-order valence-electron chi connectivity index (χ0n) is 18.6. The van der Waals surface area contributed by atoms with Gasteiger partial charge in [-0.1, -0.05) is 6.07 Å². The van der Waals surface area contributed by atoms with E-state index in [0.29, 0.717) is 28.4 Å². The number of aromatic nitrogens is 5. The average molecular weight is 456 g/mol. The van der Waals surface area contributed by atoms with Gasteiger partial charge >= 0.3 is 11.8 Å². The largest absolute Gasteiger partial charge is 0.479 e. The number of methoxy groups -OCH3 is 2. The number of carbonyl (C=O) groups excluding carboxylic acids is 1. The molecule has 10 heteroatoms. The molecule has 0 bridgehead atoms. The minimum atomic E-state index is -0.590. The normalized spacial score (nSPS) is 11.0. The quantitative estimate of drug-likeness (QED) is 0.440. The number of pyridine rings is 3. The van der Waals surface area contributed by atoms with Crippen molar-refractivity contribution in [3.05, 3.63) is 71.5 Å². The zero-order valence-corrected chi connectivity index (χ0v) is 18.6. The van der Waals surface area contributed by atoms with Crippen LogP contribution < -0.4 is 15.7 Å². The maximum Gasteiger partial charge on any atom is 0.412 e. The van der Waals surface area contributed by atoms with Crippen LogP contribution in [0, 0.1) is 0 Å². The third kappa shape index (κ3) is 3.41. The fraction of sp³-hybridized carbons (Fsp3) is 0.125. The van der Waals surface area contributed by atoms with Crippen LogP contribution >= 0.6 is 0 Å². The molecule has 5 aromatic rings. The van der Waals surface area contributed by atoms with Gasteiger partial charge in [0, 0.05) is 30.4 Å². The van der Waals surface area contributed by atoms with Gasteiger partial charge in [0.15, 0.2) is 0 Å². The van der Waals surface area contributed by atoms with Gasteiger partial charge in [0.05, 0.1) is 37.0 Å². The molecule has 1 N–H and O–H groups in total. The lowest BCUT2D eigenvalue weighted by molar-refractivity contribution is 0.187. The van der Waals surface area contributed by atoms with Crippen LogP contribution in [-0.4, -0.2) is 44.4 Å². The second-order valence-corrected chi connectivity index (χ2v) is 7.48. The highest BCUT2D eigenvalue weighted by Crippen LogP contribution is 2.31. The van der Waals surface area contributed by atoms with Gasteiger partial charge in [-0.15, -0.1) is 0 Å². The van der Waals surface area contributed by atoms with Crippen molar-refractivity contribution in [3.8, 4) is 22.7 Å². The van der Waals surface area contributed by atoms with Gasteiger partial charge in [-0.2, -0.15) is 0 Å². The third-order valence-corrected chi connectivity index (χ3v) is 5.58. The summed E-state index contributed by atoms with van der Waals surface area (Å²) in [5.74, 6) is 0.720. The SMILES string of the molecule is COC(=O)Nc1ccc(-c2ccc3ncc4c(c3c2)n(-c2cccnc2OC)c(=O)n4C)cn1. The minimum absolute atomic E-state index is 0.235. The molecule has 4 aromatic heterocycles. The van der Waals surface area contributed by atoms with Crippen molar-refractivity contribution in [1.29, 1.82) is 0 Å². The lowest BCUT2D eigenvalue weighted by Crippen LogP contribution is -2.21. The molecule has 34 heavy (non-hydrogen) atoms. The van der Waals surface area contributed by atoms with Crippen LogP contribution in [-0.2, 0) is 11.8 Å². The van der Waals surface area contributed by atoms with E-state index in [4.69, 9.17) is 4.74 Å². The number of carbonyl (C=O) groups is 1. The summed E-state index contributed by atoms with van der Waals surface area (Å²) in [7, 11) is 4.52. The first-order valence-corrected chi connectivity index (χ1v) is 10.3. The number of nitrogens with zero attached hydrogens (tertiary/aromatic N) is 5. The number of ether oxygens (including phenoxy) is 2. The predicted octanol–water partition coefficient (Wildman–Crippen LogP) is 3.52. The van der Waals surface area contributed by atoms with E-state index in [0.717, 1.165) is 22.0 Å². The lowest BCUT2D eigenvalue weighted by atomic mass is 10.0. The first-order valence-electron chi connectivity index (χ1n) is 10.3. The van der Waals surface area contributed by atoms with Crippen molar-refractivity contribution in [1.82, 2.24) is 24.1 Å². The maximum absolute atomic E-state index is 13.3. The number of hydrogen-bond donors (Lipinski definition) is 1. The Hall–Kier alpha value is -4.73. The van der Waals surface area contributed by atoms with Crippen LogP contribution in [0.1, 0.15) is 0 Å². The molecule has 1 amide bonds. The molecule has 0 radical (unpaired) electrons. The number of rotatable bonds is 4. The Bertz CT molecular complexity index is 1600. The molecule has 0 unspecified atom stereocenters. The van der Waals surface area contributed by atoms with E-state index in [-0.39, 0.29) is 5.69 Å². The highest BCUT2D eigenvalue weighted by Gasteiger charge is 2.19. The second kappa shape index (κ2) is 8.32. The first kappa shape index (κ1) is 21.1. The molecule has 10 nitrogen and oxygen atoms in total. The fourth-order valence-electron chi connectivity index (χ4n) is 3.90. The average Bonchev–Trinajstić information content (AvgIpc) is 3.14. The molecule has 0 aliphatic carbocycles. The third-order valence-electron chi connectivity index (χ3n) is 5.58. The summed E-state index contributed by atoms with van der Waals surface area (Å²) in [6, 6.07) is 12.9. The summed E-state index contributed by atoms with van der Waals surface area (Å²) in [6.45, 7) is 0. The Morgan fingerprint density at radius 3 is 2.56 bits per heavy atom. The molecule has 0 fully saturated rings. The lowest BCUT2D eigenvalue weighted by Gasteiger charge is -2.10. The molecular formula is C24H20N6O4. The minimum Gasteiger partial charge on any atom is -0.479 e. The molecule has 4 heterocycles. The number of benzene rings is 1.